The number of rotatable bonds is 11. The van der Waals surface area contributed by atoms with E-state index < -0.39 is 0 Å². The van der Waals surface area contributed by atoms with E-state index in [1.807, 2.05) is 48.5 Å². The van der Waals surface area contributed by atoms with E-state index in [-0.39, 0.29) is 18.5 Å². The largest absolute Gasteiger partial charge is 0.494 e. The van der Waals surface area contributed by atoms with Gasteiger partial charge in [-0.2, -0.15) is 0 Å². The Morgan fingerprint density at radius 3 is 1.67 bits per heavy atom. The van der Waals surface area contributed by atoms with Gasteiger partial charge < -0.3 is 29.2 Å². The van der Waals surface area contributed by atoms with Crippen LogP contribution in [0, 0.1) is 0 Å². The smallest absolute Gasteiger partial charge is 0.216 e. The molecular formula is C39H61ClN4O4. The first-order chi connectivity index (χ1) is 22.5. The maximum Gasteiger partial charge on any atom is 0.216 e. The van der Waals surface area contributed by atoms with Crippen LogP contribution in [0.4, 0.5) is 0 Å². The van der Waals surface area contributed by atoms with Gasteiger partial charge in [-0.05, 0) is 142 Å². The highest BCUT2D eigenvalue weighted by molar-refractivity contribution is 6.17. The minimum absolute atomic E-state index is 0. The lowest BCUT2D eigenvalue weighted by molar-refractivity contribution is 0.230. The Morgan fingerprint density at radius 1 is 0.792 bits per heavy atom. The van der Waals surface area contributed by atoms with Crippen LogP contribution in [-0.2, 0) is 9.47 Å². The van der Waals surface area contributed by atoms with Crippen molar-refractivity contribution in [2.24, 2.45) is 9.98 Å². The summed E-state index contributed by atoms with van der Waals surface area (Å²) in [6, 6.07) is 17.4. The Balaban J connectivity index is 0.000000222. The SMILES string of the molecule is C.CC1(C)COC(c2ccc(OCCCCl)cc2)=N1.C[C@@H]1CCCN1.C[C@@H]1CCCN1CCCOc1ccc(C2=NC(C)(C)CO2)cc1. The van der Waals surface area contributed by atoms with Crippen LogP contribution >= 0.6 is 11.6 Å². The van der Waals surface area contributed by atoms with E-state index in [0.717, 1.165) is 66.6 Å². The summed E-state index contributed by atoms with van der Waals surface area (Å²) >= 11 is 5.59. The highest BCUT2D eigenvalue weighted by Gasteiger charge is 2.28. The zero-order valence-electron chi connectivity index (χ0n) is 29.5. The molecule has 4 heterocycles. The molecule has 1 N–H and O–H groups in total. The third-order valence-corrected chi connectivity index (χ3v) is 8.80. The van der Waals surface area contributed by atoms with Gasteiger partial charge in [-0.3, -0.25) is 0 Å². The van der Waals surface area contributed by atoms with Crippen molar-refractivity contribution in [2.75, 3.05) is 51.9 Å². The van der Waals surface area contributed by atoms with E-state index in [4.69, 9.17) is 30.5 Å². The molecule has 0 bridgehead atoms. The number of ether oxygens (including phenoxy) is 4. The molecule has 0 saturated carbocycles. The van der Waals surface area contributed by atoms with Crippen LogP contribution in [0.15, 0.2) is 58.5 Å². The second-order valence-corrected chi connectivity index (χ2v) is 14.6. The number of alkyl halides is 1. The van der Waals surface area contributed by atoms with E-state index in [9.17, 15) is 0 Å². The first-order valence-corrected chi connectivity index (χ1v) is 18.0. The molecule has 0 aromatic heterocycles. The highest BCUT2D eigenvalue weighted by Crippen LogP contribution is 2.24. The van der Waals surface area contributed by atoms with Gasteiger partial charge in [0.15, 0.2) is 0 Å². The molecule has 0 spiro atoms. The summed E-state index contributed by atoms with van der Waals surface area (Å²) < 4.78 is 22.6. The lowest BCUT2D eigenvalue weighted by Gasteiger charge is -2.20. The summed E-state index contributed by atoms with van der Waals surface area (Å²) in [4.78, 5) is 11.7. The summed E-state index contributed by atoms with van der Waals surface area (Å²) in [5.74, 6) is 3.84. The van der Waals surface area contributed by atoms with Crippen LogP contribution < -0.4 is 14.8 Å². The molecule has 4 aliphatic heterocycles. The topological polar surface area (TPSA) is 76.9 Å². The predicted molar refractivity (Wildman–Crippen MR) is 201 cm³/mol. The van der Waals surface area contributed by atoms with Gasteiger partial charge in [0.05, 0.1) is 24.3 Å². The molecule has 0 aliphatic carbocycles. The summed E-state index contributed by atoms with van der Waals surface area (Å²) in [5, 5.41) is 3.32. The zero-order chi connectivity index (χ0) is 33.7. The molecule has 268 valence electrons. The number of hydrogen-bond donors (Lipinski definition) is 1. The van der Waals surface area contributed by atoms with Crippen molar-refractivity contribution in [1.29, 1.82) is 0 Å². The van der Waals surface area contributed by atoms with E-state index >= 15 is 0 Å². The van der Waals surface area contributed by atoms with Crippen LogP contribution in [0.2, 0.25) is 0 Å². The molecule has 0 amide bonds. The van der Waals surface area contributed by atoms with Crippen LogP contribution in [0.25, 0.3) is 0 Å². The van der Waals surface area contributed by atoms with E-state index in [1.165, 1.54) is 38.8 Å². The molecule has 0 radical (unpaired) electrons. The maximum atomic E-state index is 5.85. The van der Waals surface area contributed by atoms with Crippen LogP contribution in [0.3, 0.4) is 0 Å². The Labute approximate surface area is 295 Å². The molecule has 2 fully saturated rings. The third kappa shape index (κ3) is 13.2. The Bertz CT molecular complexity index is 1270. The first-order valence-electron chi connectivity index (χ1n) is 17.5. The van der Waals surface area contributed by atoms with Gasteiger partial charge >= 0.3 is 0 Å². The Hall–Kier alpha value is -2.81. The van der Waals surface area contributed by atoms with Gasteiger partial charge in [-0.15, -0.1) is 11.6 Å². The van der Waals surface area contributed by atoms with Crippen molar-refractivity contribution in [3.63, 3.8) is 0 Å². The zero-order valence-corrected chi connectivity index (χ0v) is 30.3. The molecule has 9 heteroatoms. The minimum atomic E-state index is -0.120. The Morgan fingerprint density at radius 2 is 1.31 bits per heavy atom. The standard InChI is InChI=1S/C19H28N2O2.C14H18ClNO2.C5H11N.CH4/c1-15-6-4-11-21(15)12-5-13-22-17-9-7-16(8-10-17)18-20-19(2,3)14-23-18;1-14(2)10-18-13(16-14)11-4-6-12(7-5-11)17-9-3-8-15;1-5-3-2-4-6-5;/h7-10,15H,4-6,11-14H2,1-3H3;4-7H,3,8-10H2,1-2H3;5-6H,2-4H2,1H3;1H4/t15-;;5-;/m1.1./s1. The first kappa shape index (κ1) is 39.6. The molecule has 4 aliphatic rings. The van der Waals surface area contributed by atoms with Crippen molar-refractivity contribution >= 4 is 23.4 Å². The second kappa shape index (κ2) is 19.4. The van der Waals surface area contributed by atoms with E-state index in [1.54, 1.807) is 0 Å². The van der Waals surface area contributed by atoms with Crippen LogP contribution in [-0.4, -0.2) is 91.8 Å². The number of nitrogens with one attached hydrogen (secondary N) is 1. The second-order valence-electron chi connectivity index (χ2n) is 14.2. The van der Waals surface area contributed by atoms with Crippen molar-refractivity contribution in [1.82, 2.24) is 10.2 Å². The molecule has 6 rings (SSSR count). The average Bonchev–Trinajstić information content (AvgIpc) is 3.86. The monoisotopic (exact) mass is 684 g/mol. The molecule has 8 nitrogen and oxygen atoms in total. The van der Waals surface area contributed by atoms with Crippen molar-refractivity contribution in [3.8, 4) is 11.5 Å². The third-order valence-electron chi connectivity index (χ3n) is 8.54. The molecule has 48 heavy (non-hydrogen) atoms. The summed E-state index contributed by atoms with van der Waals surface area (Å²) in [6.07, 6.45) is 7.36. The van der Waals surface area contributed by atoms with Crippen LogP contribution in [0.5, 0.6) is 11.5 Å². The van der Waals surface area contributed by atoms with Gasteiger partial charge in [-0.25, -0.2) is 9.98 Å². The van der Waals surface area contributed by atoms with Gasteiger partial charge in [0.25, 0.3) is 0 Å². The minimum Gasteiger partial charge on any atom is -0.494 e. The normalized spacial score (nSPS) is 22.1. The fourth-order valence-corrected chi connectivity index (χ4v) is 5.85. The van der Waals surface area contributed by atoms with Gasteiger partial charge in [-0.1, -0.05) is 7.43 Å². The molecule has 2 aromatic rings. The highest BCUT2D eigenvalue weighted by atomic mass is 35.5. The molecule has 2 aromatic carbocycles. The number of halogens is 1. The van der Waals surface area contributed by atoms with Gasteiger partial charge in [0, 0.05) is 35.6 Å². The quantitative estimate of drug-likeness (QED) is 0.190. The average molecular weight is 685 g/mol. The Kier molecular flexibility index (Phi) is 16.0. The summed E-state index contributed by atoms with van der Waals surface area (Å²) in [7, 11) is 0. The van der Waals surface area contributed by atoms with E-state index in [2.05, 4.69) is 61.7 Å². The summed E-state index contributed by atoms with van der Waals surface area (Å²) in [5.41, 5.74) is 1.78. The number of hydrogen-bond acceptors (Lipinski definition) is 8. The molecule has 2 atom stereocenters. The summed E-state index contributed by atoms with van der Waals surface area (Å²) in [6.45, 7) is 19.2. The van der Waals surface area contributed by atoms with Crippen molar-refractivity contribution < 1.29 is 18.9 Å². The maximum absolute atomic E-state index is 5.85. The van der Waals surface area contributed by atoms with Crippen molar-refractivity contribution in [3.05, 3.63) is 59.7 Å². The number of nitrogens with zero attached hydrogens (tertiary/aromatic N) is 3. The fourth-order valence-electron chi connectivity index (χ4n) is 5.74. The van der Waals surface area contributed by atoms with Crippen molar-refractivity contribution in [2.45, 2.75) is 111 Å². The van der Waals surface area contributed by atoms with Gasteiger partial charge in [0.2, 0.25) is 11.8 Å². The van der Waals surface area contributed by atoms with E-state index in [0.29, 0.717) is 31.6 Å². The van der Waals surface area contributed by atoms with Crippen LogP contribution in [0.1, 0.15) is 98.6 Å². The van der Waals surface area contributed by atoms with Gasteiger partial charge in [0.1, 0.15) is 24.7 Å². The molecule has 2 saturated heterocycles. The lowest BCUT2D eigenvalue weighted by Crippen LogP contribution is -2.28. The fraction of sp³-hybridized carbons (Fsp3) is 0.641. The number of benzene rings is 2. The number of aliphatic imine (C=N–C) groups is 2. The molecule has 0 unspecified atom stereocenters. The predicted octanol–water partition coefficient (Wildman–Crippen LogP) is 8.14. The number of likely N-dealkylation sites (tertiary alicyclic amines) is 1. The molecular weight excluding hydrogens is 624 g/mol. The lowest BCUT2D eigenvalue weighted by atomic mass is 10.1.